The first-order valence-corrected chi connectivity index (χ1v) is 13.9. The zero-order valence-corrected chi connectivity index (χ0v) is 23.5. The van der Waals surface area contributed by atoms with E-state index >= 15 is 0 Å². The number of hydrogen-bond acceptors (Lipinski definition) is 4. The molecule has 0 aromatic rings. The van der Waals surface area contributed by atoms with E-state index in [1.54, 1.807) is 5.57 Å². The number of aliphatic hydroxyl groups excluding tert-OH is 2. The Balaban J connectivity index is 1.71. The SMILES string of the molecule is C=C1/C(=C\C=C2/CCC[C@]3(C)C([C@@H](C)C/C=C/C(=N/COCC)C(C)(C)C)=CC[C@@H]23)C[C@@H](O)C[C@@H]1O. The van der Waals surface area contributed by atoms with Crippen molar-refractivity contribution >= 4 is 5.71 Å². The van der Waals surface area contributed by atoms with Gasteiger partial charge in [0.1, 0.15) is 6.73 Å². The molecule has 2 fully saturated rings. The van der Waals surface area contributed by atoms with Gasteiger partial charge in [0.25, 0.3) is 0 Å². The van der Waals surface area contributed by atoms with Crippen LogP contribution in [0.4, 0.5) is 0 Å². The molecule has 0 spiro atoms. The number of ether oxygens (including phenoxy) is 1. The van der Waals surface area contributed by atoms with Gasteiger partial charge in [-0.3, -0.25) is 4.99 Å². The first-order chi connectivity index (χ1) is 17.0. The summed E-state index contributed by atoms with van der Waals surface area (Å²) in [6.07, 6.45) is 16.9. The van der Waals surface area contributed by atoms with E-state index in [1.165, 1.54) is 18.4 Å². The van der Waals surface area contributed by atoms with Gasteiger partial charge in [-0.15, -0.1) is 0 Å². The van der Waals surface area contributed by atoms with Gasteiger partial charge >= 0.3 is 0 Å². The van der Waals surface area contributed by atoms with Crippen LogP contribution >= 0.6 is 0 Å². The predicted octanol–water partition coefficient (Wildman–Crippen LogP) is 7.11. The van der Waals surface area contributed by atoms with Crippen molar-refractivity contribution in [3.63, 3.8) is 0 Å². The second kappa shape index (κ2) is 12.2. The smallest absolute Gasteiger partial charge is 0.137 e. The summed E-state index contributed by atoms with van der Waals surface area (Å²) in [6.45, 7) is 18.6. The third kappa shape index (κ3) is 6.76. The van der Waals surface area contributed by atoms with Gasteiger partial charge in [0, 0.05) is 24.2 Å². The molecule has 0 bridgehead atoms. The van der Waals surface area contributed by atoms with Crippen molar-refractivity contribution in [2.45, 2.75) is 98.7 Å². The van der Waals surface area contributed by atoms with Crippen LogP contribution in [-0.2, 0) is 4.74 Å². The van der Waals surface area contributed by atoms with E-state index in [9.17, 15) is 10.2 Å². The first-order valence-electron chi connectivity index (χ1n) is 13.9. The van der Waals surface area contributed by atoms with E-state index < -0.39 is 12.2 Å². The summed E-state index contributed by atoms with van der Waals surface area (Å²) < 4.78 is 5.46. The van der Waals surface area contributed by atoms with E-state index in [0.29, 0.717) is 38.0 Å². The molecule has 3 aliphatic carbocycles. The number of aliphatic imine (C=N–C) groups is 1. The fraction of sp³-hybridized carbons (Fsp3) is 0.656. The van der Waals surface area contributed by atoms with Crippen molar-refractivity contribution in [2.24, 2.45) is 27.7 Å². The third-order valence-corrected chi connectivity index (χ3v) is 8.47. The Morgan fingerprint density at radius 1 is 1.31 bits per heavy atom. The van der Waals surface area contributed by atoms with Crippen LogP contribution in [0.15, 0.2) is 64.2 Å². The first kappa shape index (κ1) is 28.8. The van der Waals surface area contributed by atoms with E-state index in [2.05, 4.69) is 76.6 Å². The Morgan fingerprint density at radius 3 is 2.75 bits per heavy atom. The molecular weight excluding hydrogens is 446 g/mol. The summed E-state index contributed by atoms with van der Waals surface area (Å²) in [6, 6.07) is 0. The lowest BCUT2D eigenvalue weighted by Gasteiger charge is -2.42. The van der Waals surface area contributed by atoms with Crippen molar-refractivity contribution < 1.29 is 14.9 Å². The van der Waals surface area contributed by atoms with Crippen LogP contribution in [0.2, 0.25) is 0 Å². The highest BCUT2D eigenvalue weighted by molar-refractivity contribution is 5.98. The number of hydrogen-bond donors (Lipinski definition) is 2. The molecule has 0 radical (unpaired) electrons. The number of aliphatic hydroxyl groups is 2. The van der Waals surface area contributed by atoms with E-state index in [0.717, 1.165) is 36.1 Å². The van der Waals surface area contributed by atoms with Crippen molar-refractivity contribution in [2.75, 3.05) is 13.3 Å². The molecule has 4 heteroatoms. The van der Waals surface area contributed by atoms with Crippen LogP contribution in [0.1, 0.15) is 86.5 Å². The van der Waals surface area contributed by atoms with Gasteiger partial charge in [0.15, 0.2) is 0 Å². The highest BCUT2D eigenvalue weighted by Crippen LogP contribution is 2.57. The van der Waals surface area contributed by atoms with Gasteiger partial charge in [-0.25, -0.2) is 0 Å². The molecule has 0 saturated heterocycles. The largest absolute Gasteiger partial charge is 0.393 e. The summed E-state index contributed by atoms with van der Waals surface area (Å²) in [5.74, 6) is 1.03. The summed E-state index contributed by atoms with van der Waals surface area (Å²) in [5, 5.41) is 20.3. The summed E-state index contributed by atoms with van der Waals surface area (Å²) in [4.78, 5) is 4.68. The average molecular weight is 496 g/mol. The third-order valence-electron chi connectivity index (χ3n) is 8.47. The van der Waals surface area contributed by atoms with E-state index in [-0.39, 0.29) is 10.8 Å². The zero-order chi connectivity index (χ0) is 26.5. The lowest BCUT2D eigenvalue weighted by atomic mass is 9.62. The van der Waals surface area contributed by atoms with Crippen LogP contribution in [0.25, 0.3) is 0 Å². The number of allylic oxidation sites excluding steroid dienone is 7. The van der Waals surface area contributed by atoms with Gasteiger partial charge in [0.05, 0.1) is 12.2 Å². The molecule has 2 N–H and O–H groups in total. The van der Waals surface area contributed by atoms with Gasteiger partial charge in [-0.05, 0) is 79.9 Å². The Bertz CT molecular complexity index is 945. The Hall–Kier alpha value is -1.75. The molecule has 0 aromatic carbocycles. The van der Waals surface area contributed by atoms with Gasteiger partial charge in [0.2, 0.25) is 0 Å². The fourth-order valence-electron chi connectivity index (χ4n) is 6.34. The standard InChI is InChI=1S/C32H49NO3/c1-8-36-21-33-30(31(4,5)6)13-9-11-22(2)27-16-17-28-24(12-10-18-32(27,28)7)14-15-25-19-26(34)20-29(35)23(25)3/h9,13-16,22,26,28-29,34-35H,3,8,10-12,17-21H2,1-2,4-7H3/b13-9+,24-14+,25-15-,33-30-/t22-,26+,28-,29-,32+/m0/s1. The lowest BCUT2D eigenvalue weighted by Crippen LogP contribution is -2.32. The molecule has 36 heavy (non-hydrogen) atoms. The maximum Gasteiger partial charge on any atom is 0.137 e. The van der Waals surface area contributed by atoms with E-state index in [4.69, 9.17) is 4.74 Å². The number of nitrogens with zero attached hydrogens (tertiary/aromatic N) is 1. The Morgan fingerprint density at radius 2 is 2.06 bits per heavy atom. The quantitative estimate of drug-likeness (QED) is 0.214. The molecule has 0 aromatic heterocycles. The molecule has 3 aliphatic rings. The lowest BCUT2D eigenvalue weighted by molar-refractivity contribution is 0.0862. The predicted molar refractivity (Wildman–Crippen MR) is 151 cm³/mol. The van der Waals surface area contributed by atoms with Crippen LogP contribution in [0.5, 0.6) is 0 Å². The van der Waals surface area contributed by atoms with Crippen molar-refractivity contribution in [3.05, 3.63) is 59.3 Å². The van der Waals surface area contributed by atoms with Gasteiger partial charge in [-0.2, -0.15) is 0 Å². The molecule has 4 nitrogen and oxygen atoms in total. The summed E-state index contributed by atoms with van der Waals surface area (Å²) in [5.41, 5.74) is 6.15. The van der Waals surface area contributed by atoms with Crippen molar-refractivity contribution in [3.8, 4) is 0 Å². The van der Waals surface area contributed by atoms with Crippen LogP contribution in [0.3, 0.4) is 0 Å². The zero-order valence-electron chi connectivity index (χ0n) is 23.5. The van der Waals surface area contributed by atoms with E-state index in [1.807, 2.05) is 6.92 Å². The number of fused-ring (bicyclic) bond motifs is 1. The fourth-order valence-corrected chi connectivity index (χ4v) is 6.34. The minimum Gasteiger partial charge on any atom is -0.393 e. The minimum absolute atomic E-state index is 0.00611. The molecule has 0 heterocycles. The molecule has 3 rings (SSSR count). The molecule has 5 atom stereocenters. The molecule has 0 aliphatic heterocycles. The van der Waals surface area contributed by atoms with Crippen LogP contribution in [-0.4, -0.2) is 41.5 Å². The van der Waals surface area contributed by atoms with Crippen molar-refractivity contribution in [1.29, 1.82) is 0 Å². The molecular formula is C32H49NO3. The van der Waals surface area contributed by atoms with Crippen molar-refractivity contribution in [1.82, 2.24) is 0 Å². The molecule has 2 saturated carbocycles. The highest BCUT2D eigenvalue weighted by atomic mass is 16.5. The maximum atomic E-state index is 10.2. The van der Waals surface area contributed by atoms with Gasteiger partial charge < -0.3 is 14.9 Å². The highest BCUT2D eigenvalue weighted by Gasteiger charge is 2.45. The topological polar surface area (TPSA) is 62.0 Å². The maximum absolute atomic E-state index is 10.2. The summed E-state index contributed by atoms with van der Waals surface area (Å²) in [7, 11) is 0. The second-order valence-corrected chi connectivity index (χ2v) is 12.2. The normalized spacial score (nSPS) is 32.9. The average Bonchev–Trinajstić information content (AvgIpc) is 3.16. The Kier molecular flexibility index (Phi) is 9.76. The summed E-state index contributed by atoms with van der Waals surface area (Å²) >= 11 is 0. The molecule has 200 valence electrons. The minimum atomic E-state index is -0.633. The second-order valence-electron chi connectivity index (χ2n) is 12.2. The van der Waals surface area contributed by atoms with Gasteiger partial charge in [-0.1, -0.05) is 76.6 Å². The van der Waals surface area contributed by atoms with Crippen LogP contribution < -0.4 is 0 Å². The number of rotatable bonds is 8. The monoisotopic (exact) mass is 495 g/mol. The molecule has 0 amide bonds. The van der Waals surface area contributed by atoms with Crippen LogP contribution in [0, 0.1) is 22.7 Å². The Labute approximate surface area is 219 Å². The molecule has 0 unspecified atom stereocenters.